The van der Waals surface area contributed by atoms with Gasteiger partial charge in [-0.05, 0) is 48.6 Å². The third-order valence-corrected chi connectivity index (χ3v) is 3.04. The third-order valence-electron chi connectivity index (χ3n) is 2.10. The van der Waals surface area contributed by atoms with Gasteiger partial charge in [0.25, 0.3) is 5.91 Å². The second-order valence-electron chi connectivity index (χ2n) is 4.02. The van der Waals surface area contributed by atoms with Gasteiger partial charge in [-0.2, -0.15) is 0 Å². The van der Waals surface area contributed by atoms with Crippen molar-refractivity contribution in [1.82, 2.24) is 5.32 Å². The van der Waals surface area contributed by atoms with Crippen LogP contribution in [0.3, 0.4) is 0 Å². The van der Waals surface area contributed by atoms with Crippen LogP contribution in [0, 0.1) is 3.57 Å². The second-order valence-corrected chi connectivity index (χ2v) is 5.19. The SMILES string of the molecule is CC(C)OC(=O)CCNC(=O)c1ccccc1I. The van der Waals surface area contributed by atoms with Gasteiger partial charge in [-0.25, -0.2) is 0 Å². The number of hydrogen-bond donors (Lipinski definition) is 1. The molecule has 1 rings (SSSR count). The summed E-state index contributed by atoms with van der Waals surface area (Å²) in [6, 6.07) is 7.30. The standard InChI is InChI=1S/C13H16INO3/c1-9(2)18-12(16)7-8-15-13(17)10-5-3-4-6-11(10)14/h3-6,9H,7-8H2,1-2H3,(H,15,17). The molecule has 0 fully saturated rings. The highest BCUT2D eigenvalue weighted by atomic mass is 127. The van der Waals surface area contributed by atoms with Crippen molar-refractivity contribution in [2.45, 2.75) is 26.4 Å². The van der Waals surface area contributed by atoms with Gasteiger partial charge < -0.3 is 10.1 Å². The third kappa shape index (κ3) is 5.03. The first-order valence-electron chi connectivity index (χ1n) is 5.73. The lowest BCUT2D eigenvalue weighted by atomic mass is 10.2. The zero-order valence-electron chi connectivity index (χ0n) is 10.4. The molecule has 1 aromatic rings. The fourth-order valence-corrected chi connectivity index (χ4v) is 1.97. The van der Waals surface area contributed by atoms with E-state index in [1.807, 2.05) is 18.2 Å². The van der Waals surface area contributed by atoms with Gasteiger partial charge in [0.1, 0.15) is 0 Å². The summed E-state index contributed by atoms with van der Waals surface area (Å²) in [5, 5.41) is 2.70. The molecule has 98 valence electrons. The van der Waals surface area contributed by atoms with Gasteiger partial charge in [0.15, 0.2) is 0 Å². The molecular formula is C13H16INO3. The maximum absolute atomic E-state index is 11.8. The second kappa shape index (κ2) is 7.35. The Morgan fingerprint density at radius 2 is 2.00 bits per heavy atom. The van der Waals surface area contributed by atoms with E-state index < -0.39 is 0 Å². The van der Waals surface area contributed by atoms with Crippen LogP contribution in [-0.2, 0) is 9.53 Å². The summed E-state index contributed by atoms with van der Waals surface area (Å²) in [6.07, 6.45) is 0.0659. The largest absolute Gasteiger partial charge is 0.463 e. The highest BCUT2D eigenvalue weighted by Crippen LogP contribution is 2.10. The van der Waals surface area contributed by atoms with Gasteiger partial charge in [-0.15, -0.1) is 0 Å². The Balaban J connectivity index is 2.39. The first kappa shape index (κ1) is 14.9. The number of rotatable bonds is 5. The van der Waals surface area contributed by atoms with E-state index in [9.17, 15) is 9.59 Å². The quantitative estimate of drug-likeness (QED) is 0.647. The highest BCUT2D eigenvalue weighted by Gasteiger charge is 2.10. The molecule has 4 nitrogen and oxygen atoms in total. The molecule has 0 radical (unpaired) electrons. The molecule has 0 spiro atoms. The summed E-state index contributed by atoms with van der Waals surface area (Å²) >= 11 is 2.10. The van der Waals surface area contributed by atoms with Crippen LogP contribution in [0.15, 0.2) is 24.3 Å². The maximum Gasteiger partial charge on any atom is 0.307 e. The average molecular weight is 361 g/mol. The van der Waals surface area contributed by atoms with Crippen molar-refractivity contribution >= 4 is 34.5 Å². The normalized spacial score (nSPS) is 10.2. The van der Waals surface area contributed by atoms with Crippen LogP contribution in [0.25, 0.3) is 0 Å². The Labute approximate surface area is 120 Å². The van der Waals surface area contributed by atoms with Crippen molar-refractivity contribution in [2.75, 3.05) is 6.54 Å². The lowest BCUT2D eigenvalue weighted by Gasteiger charge is -2.09. The van der Waals surface area contributed by atoms with Crippen LogP contribution in [0.5, 0.6) is 0 Å². The molecule has 0 unspecified atom stereocenters. The van der Waals surface area contributed by atoms with Crippen LogP contribution < -0.4 is 5.32 Å². The molecule has 1 N–H and O–H groups in total. The molecule has 1 amide bonds. The van der Waals surface area contributed by atoms with E-state index in [1.54, 1.807) is 19.9 Å². The van der Waals surface area contributed by atoms with Crippen molar-refractivity contribution in [3.8, 4) is 0 Å². The molecule has 0 heterocycles. The minimum Gasteiger partial charge on any atom is -0.463 e. The van der Waals surface area contributed by atoms with Crippen LogP contribution in [0.1, 0.15) is 30.6 Å². The number of carbonyl (C=O) groups is 2. The first-order chi connectivity index (χ1) is 8.50. The van der Waals surface area contributed by atoms with Crippen molar-refractivity contribution in [1.29, 1.82) is 0 Å². The smallest absolute Gasteiger partial charge is 0.307 e. The van der Waals surface area contributed by atoms with E-state index in [0.29, 0.717) is 5.56 Å². The fraction of sp³-hybridized carbons (Fsp3) is 0.385. The topological polar surface area (TPSA) is 55.4 Å². The van der Waals surface area contributed by atoms with Gasteiger partial charge in [-0.3, -0.25) is 9.59 Å². The number of halogens is 1. The zero-order chi connectivity index (χ0) is 13.5. The predicted molar refractivity (Wildman–Crippen MR) is 77.3 cm³/mol. The predicted octanol–water partition coefficient (Wildman–Crippen LogP) is 2.36. The van der Waals surface area contributed by atoms with E-state index in [-0.39, 0.29) is 30.9 Å². The molecular weight excluding hydrogens is 345 g/mol. The van der Waals surface area contributed by atoms with Gasteiger partial charge in [0, 0.05) is 10.1 Å². The molecule has 0 bridgehead atoms. The summed E-state index contributed by atoms with van der Waals surface area (Å²) < 4.78 is 5.86. The minimum absolute atomic E-state index is 0.122. The van der Waals surface area contributed by atoms with Crippen LogP contribution in [0.4, 0.5) is 0 Å². The summed E-state index contributed by atoms with van der Waals surface area (Å²) in [5.41, 5.74) is 0.621. The van der Waals surface area contributed by atoms with E-state index in [0.717, 1.165) is 3.57 Å². The zero-order valence-corrected chi connectivity index (χ0v) is 12.6. The first-order valence-corrected chi connectivity index (χ1v) is 6.80. The van der Waals surface area contributed by atoms with Crippen LogP contribution in [0.2, 0.25) is 0 Å². The Morgan fingerprint density at radius 3 is 2.61 bits per heavy atom. The van der Waals surface area contributed by atoms with E-state index in [4.69, 9.17) is 4.74 Å². The van der Waals surface area contributed by atoms with Crippen LogP contribution in [-0.4, -0.2) is 24.5 Å². The molecule has 1 aromatic carbocycles. The number of nitrogens with one attached hydrogen (secondary N) is 1. The molecule has 18 heavy (non-hydrogen) atoms. The summed E-state index contributed by atoms with van der Waals surface area (Å²) in [7, 11) is 0. The number of ether oxygens (including phenoxy) is 1. The summed E-state index contributed by atoms with van der Waals surface area (Å²) in [4.78, 5) is 23.1. The van der Waals surface area contributed by atoms with Crippen molar-refractivity contribution < 1.29 is 14.3 Å². The highest BCUT2D eigenvalue weighted by molar-refractivity contribution is 14.1. The monoisotopic (exact) mass is 361 g/mol. The molecule has 0 saturated heterocycles. The maximum atomic E-state index is 11.8. The van der Waals surface area contributed by atoms with Crippen molar-refractivity contribution in [3.63, 3.8) is 0 Å². The number of esters is 1. The lowest BCUT2D eigenvalue weighted by Crippen LogP contribution is -2.27. The van der Waals surface area contributed by atoms with Gasteiger partial charge in [0.2, 0.25) is 0 Å². The van der Waals surface area contributed by atoms with Gasteiger partial charge in [-0.1, -0.05) is 12.1 Å². The lowest BCUT2D eigenvalue weighted by molar-refractivity contribution is -0.147. The molecule has 0 aliphatic heterocycles. The molecule has 0 atom stereocenters. The Hall–Kier alpha value is -1.11. The van der Waals surface area contributed by atoms with E-state index in [2.05, 4.69) is 27.9 Å². The molecule has 0 aliphatic carbocycles. The molecule has 0 aliphatic rings. The summed E-state index contributed by atoms with van der Waals surface area (Å²) in [5.74, 6) is -0.467. The van der Waals surface area contributed by atoms with Crippen LogP contribution >= 0.6 is 22.6 Å². The van der Waals surface area contributed by atoms with Gasteiger partial charge in [0.05, 0.1) is 18.1 Å². The van der Waals surface area contributed by atoms with E-state index in [1.165, 1.54) is 0 Å². The average Bonchev–Trinajstić information content (AvgIpc) is 2.28. The molecule has 5 heteroatoms. The van der Waals surface area contributed by atoms with E-state index >= 15 is 0 Å². The Bertz CT molecular complexity index is 432. The Kier molecular flexibility index (Phi) is 6.11. The molecule has 0 saturated carbocycles. The number of amides is 1. The summed E-state index contributed by atoms with van der Waals surface area (Å²) in [6.45, 7) is 3.88. The number of carbonyl (C=O) groups excluding carboxylic acids is 2. The fourth-order valence-electron chi connectivity index (χ4n) is 1.34. The molecule has 0 aromatic heterocycles. The van der Waals surface area contributed by atoms with Crippen molar-refractivity contribution in [2.24, 2.45) is 0 Å². The number of benzene rings is 1. The van der Waals surface area contributed by atoms with Crippen molar-refractivity contribution in [3.05, 3.63) is 33.4 Å². The Morgan fingerprint density at radius 1 is 1.33 bits per heavy atom. The number of hydrogen-bond acceptors (Lipinski definition) is 3. The van der Waals surface area contributed by atoms with Gasteiger partial charge >= 0.3 is 5.97 Å². The minimum atomic E-state index is -0.298.